The van der Waals surface area contributed by atoms with Gasteiger partial charge in [0.05, 0.1) is 0 Å². The number of nitrogens with one attached hydrogen (secondary N) is 2. The van der Waals surface area contributed by atoms with Crippen molar-refractivity contribution in [3.63, 3.8) is 0 Å². The summed E-state index contributed by atoms with van der Waals surface area (Å²) in [7, 11) is 0. The molecular weight excluding hydrogens is 252 g/mol. The van der Waals surface area contributed by atoms with E-state index in [4.69, 9.17) is 12.2 Å². The highest BCUT2D eigenvalue weighted by Crippen LogP contribution is 2.44. The second kappa shape index (κ2) is 5.12. The number of aryl methyl sites for hydroxylation is 2. The first-order chi connectivity index (χ1) is 9.11. The van der Waals surface area contributed by atoms with Gasteiger partial charge in [0, 0.05) is 11.7 Å². The van der Waals surface area contributed by atoms with Gasteiger partial charge in [0.15, 0.2) is 5.11 Å². The van der Waals surface area contributed by atoms with Crippen molar-refractivity contribution in [2.24, 2.45) is 11.8 Å². The molecule has 3 heteroatoms. The summed E-state index contributed by atoms with van der Waals surface area (Å²) in [4.78, 5) is 0. The van der Waals surface area contributed by atoms with E-state index in [2.05, 4.69) is 42.7 Å². The molecule has 3 rings (SSSR count). The number of hydrogen-bond donors (Lipinski definition) is 2. The highest BCUT2D eigenvalue weighted by atomic mass is 32.1. The Balaban J connectivity index is 1.61. The van der Waals surface area contributed by atoms with E-state index in [0.29, 0.717) is 6.04 Å². The molecule has 0 heterocycles. The topological polar surface area (TPSA) is 24.1 Å². The maximum Gasteiger partial charge on any atom is 0.171 e. The van der Waals surface area contributed by atoms with Gasteiger partial charge in [-0.1, -0.05) is 18.6 Å². The fourth-order valence-corrected chi connectivity index (χ4v) is 3.88. The van der Waals surface area contributed by atoms with Crippen LogP contribution in [0.25, 0.3) is 0 Å². The third-order valence-electron chi connectivity index (χ3n) is 4.70. The highest BCUT2D eigenvalue weighted by molar-refractivity contribution is 7.80. The molecule has 0 aliphatic heterocycles. The minimum Gasteiger partial charge on any atom is -0.359 e. The largest absolute Gasteiger partial charge is 0.359 e. The van der Waals surface area contributed by atoms with Crippen molar-refractivity contribution in [2.75, 3.05) is 5.32 Å². The third-order valence-corrected chi connectivity index (χ3v) is 4.92. The number of fused-ring (bicyclic) bond motifs is 2. The Morgan fingerprint density at radius 3 is 2.74 bits per heavy atom. The zero-order chi connectivity index (χ0) is 13.4. The second-order valence-electron chi connectivity index (χ2n) is 6.20. The van der Waals surface area contributed by atoms with E-state index in [1.54, 1.807) is 0 Å². The fraction of sp³-hybridized carbons (Fsp3) is 0.562. The van der Waals surface area contributed by atoms with Crippen molar-refractivity contribution in [1.29, 1.82) is 0 Å². The average Bonchev–Trinajstić information content (AvgIpc) is 2.96. The number of hydrogen-bond acceptors (Lipinski definition) is 1. The van der Waals surface area contributed by atoms with Crippen molar-refractivity contribution in [3.8, 4) is 0 Å². The van der Waals surface area contributed by atoms with E-state index in [9.17, 15) is 0 Å². The van der Waals surface area contributed by atoms with E-state index >= 15 is 0 Å². The first-order valence-electron chi connectivity index (χ1n) is 7.26. The Kier molecular flexibility index (Phi) is 3.48. The van der Waals surface area contributed by atoms with Crippen LogP contribution in [0.3, 0.4) is 0 Å². The molecule has 0 spiro atoms. The quantitative estimate of drug-likeness (QED) is 0.803. The molecule has 3 atom stereocenters. The van der Waals surface area contributed by atoms with Crippen LogP contribution in [0.5, 0.6) is 0 Å². The summed E-state index contributed by atoms with van der Waals surface area (Å²) in [5.74, 6) is 1.80. The van der Waals surface area contributed by atoms with Gasteiger partial charge in [-0.2, -0.15) is 0 Å². The van der Waals surface area contributed by atoms with Gasteiger partial charge < -0.3 is 10.6 Å². The summed E-state index contributed by atoms with van der Waals surface area (Å²) < 4.78 is 0. The summed E-state index contributed by atoms with van der Waals surface area (Å²) in [6.07, 6.45) is 5.53. The fourth-order valence-electron chi connectivity index (χ4n) is 3.62. The molecular formula is C16H22N2S. The van der Waals surface area contributed by atoms with E-state index < -0.39 is 0 Å². The van der Waals surface area contributed by atoms with E-state index in [-0.39, 0.29) is 0 Å². The van der Waals surface area contributed by atoms with Crippen LogP contribution in [-0.4, -0.2) is 11.2 Å². The molecule has 2 bridgehead atoms. The summed E-state index contributed by atoms with van der Waals surface area (Å²) in [6, 6.07) is 7.03. The standard InChI is InChI=1S/C16H22N2S/c1-10-3-4-11(2)14(7-10)17-16(19)18-15-9-12-5-6-13(15)8-12/h3-4,7,12-13,15H,5-6,8-9H2,1-2H3,(H2,17,18,19)/t12-,13-,15+/m0/s1. The number of anilines is 1. The maximum absolute atomic E-state index is 5.47. The molecule has 0 aromatic heterocycles. The van der Waals surface area contributed by atoms with Crippen LogP contribution in [-0.2, 0) is 0 Å². The highest BCUT2D eigenvalue weighted by Gasteiger charge is 2.39. The Bertz CT molecular complexity index is 498. The van der Waals surface area contributed by atoms with Crippen LogP contribution in [0.15, 0.2) is 18.2 Å². The van der Waals surface area contributed by atoms with Crippen molar-refractivity contribution in [3.05, 3.63) is 29.3 Å². The van der Waals surface area contributed by atoms with Gasteiger partial charge in [-0.15, -0.1) is 0 Å². The summed E-state index contributed by atoms with van der Waals surface area (Å²) >= 11 is 5.47. The number of thiocarbonyl (C=S) groups is 1. The van der Waals surface area contributed by atoms with Crippen molar-refractivity contribution < 1.29 is 0 Å². The number of rotatable bonds is 2. The summed E-state index contributed by atoms with van der Waals surface area (Å²) in [6.45, 7) is 4.22. The van der Waals surface area contributed by atoms with Gasteiger partial charge in [0.2, 0.25) is 0 Å². The lowest BCUT2D eigenvalue weighted by atomic mass is 9.95. The molecule has 2 aliphatic carbocycles. The van der Waals surface area contributed by atoms with Crippen LogP contribution < -0.4 is 10.6 Å². The minimum absolute atomic E-state index is 0.601. The third kappa shape index (κ3) is 2.76. The maximum atomic E-state index is 5.47. The molecule has 1 aromatic carbocycles. The lowest BCUT2D eigenvalue weighted by molar-refractivity contribution is 0.392. The molecule has 0 radical (unpaired) electrons. The lowest BCUT2D eigenvalue weighted by Gasteiger charge is -2.25. The Morgan fingerprint density at radius 2 is 2.05 bits per heavy atom. The smallest absolute Gasteiger partial charge is 0.171 e. The molecule has 2 saturated carbocycles. The van der Waals surface area contributed by atoms with Crippen LogP contribution in [0, 0.1) is 25.7 Å². The number of benzene rings is 1. The van der Waals surface area contributed by atoms with Crippen LogP contribution in [0.2, 0.25) is 0 Å². The molecule has 2 nitrogen and oxygen atoms in total. The summed E-state index contributed by atoms with van der Waals surface area (Å²) in [5.41, 5.74) is 3.62. The molecule has 2 fully saturated rings. The van der Waals surface area contributed by atoms with Gasteiger partial charge in [-0.25, -0.2) is 0 Å². The van der Waals surface area contributed by atoms with Gasteiger partial charge in [0.25, 0.3) is 0 Å². The molecule has 2 N–H and O–H groups in total. The average molecular weight is 274 g/mol. The first kappa shape index (κ1) is 12.9. The van der Waals surface area contributed by atoms with Gasteiger partial charge in [-0.3, -0.25) is 0 Å². The zero-order valence-corrected chi connectivity index (χ0v) is 12.5. The van der Waals surface area contributed by atoms with Gasteiger partial charge >= 0.3 is 0 Å². The van der Waals surface area contributed by atoms with E-state index in [1.165, 1.54) is 36.8 Å². The Morgan fingerprint density at radius 1 is 1.21 bits per heavy atom. The molecule has 0 unspecified atom stereocenters. The minimum atomic E-state index is 0.601. The monoisotopic (exact) mass is 274 g/mol. The Hall–Kier alpha value is -1.09. The van der Waals surface area contributed by atoms with Crippen molar-refractivity contribution in [1.82, 2.24) is 5.32 Å². The molecule has 2 aliphatic rings. The predicted octanol–water partition coefficient (Wildman–Crippen LogP) is 3.78. The molecule has 102 valence electrons. The molecule has 19 heavy (non-hydrogen) atoms. The van der Waals surface area contributed by atoms with E-state index in [1.807, 2.05) is 0 Å². The van der Waals surface area contributed by atoms with Gasteiger partial charge in [-0.05, 0) is 74.4 Å². The van der Waals surface area contributed by atoms with Crippen molar-refractivity contribution >= 4 is 23.0 Å². The van der Waals surface area contributed by atoms with Crippen LogP contribution in [0.1, 0.15) is 36.8 Å². The first-order valence-corrected chi connectivity index (χ1v) is 7.67. The molecule has 0 amide bonds. The predicted molar refractivity (Wildman–Crippen MR) is 84.5 cm³/mol. The SMILES string of the molecule is Cc1ccc(C)c(NC(=S)N[C@@H]2C[C@H]3CC[C@H]2C3)c1. The Labute approximate surface area is 121 Å². The summed E-state index contributed by atoms with van der Waals surface area (Å²) in [5, 5.41) is 7.67. The second-order valence-corrected chi connectivity index (χ2v) is 6.61. The lowest BCUT2D eigenvalue weighted by Crippen LogP contribution is -2.40. The van der Waals surface area contributed by atoms with E-state index in [0.717, 1.165) is 22.6 Å². The zero-order valence-electron chi connectivity index (χ0n) is 11.7. The molecule has 0 saturated heterocycles. The van der Waals surface area contributed by atoms with Crippen LogP contribution >= 0.6 is 12.2 Å². The van der Waals surface area contributed by atoms with Crippen molar-refractivity contribution in [2.45, 2.75) is 45.6 Å². The normalized spacial score (nSPS) is 28.4. The van der Waals surface area contributed by atoms with Gasteiger partial charge in [0.1, 0.15) is 0 Å². The van der Waals surface area contributed by atoms with Crippen LogP contribution in [0.4, 0.5) is 5.69 Å². The molecule has 1 aromatic rings.